The summed E-state index contributed by atoms with van der Waals surface area (Å²) in [5.41, 5.74) is -0.326. The Morgan fingerprint density at radius 3 is 0.660 bits per heavy atom. The Labute approximate surface area is 576 Å². The van der Waals surface area contributed by atoms with E-state index in [0.29, 0.717) is 61.8 Å². The highest BCUT2D eigenvalue weighted by molar-refractivity contribution is 5.91. The molecule has 0 heterocycles. The van der Waals surface area contributed by atoms with Gasteiger partial charge in [0.2, 0.25) is 0 Å². The Balaban J connectivity index is 1.41. The van der Waals surface area contributed by atoms with Crippen molar-refractivity contribution < 1.29 is 144 Å². The lowest BCUT2D eigenvalue weighted by molar-refractivity contribution is -0.210. The number of benzene rings is 5. The number of unbranched alkanes of at least 4 members (excludes halogenated alkanes) is 5. The molecule has 0 N–H and O–H groups in total. The van der Waals surface area contributed by atoms with Crippen molar-refractivity contribution >= 4 is 60.6 Å². The molecular formula is C70H82O30. The van der Waals surface area contributed by atoms with Gasteiger partial charge in [-0.2, -0.15) is 24.0 Å². The van der Waals surface area contributed by atoms with Crippen LogP contribution in [0.1, 0.15) is 163 Å². The highest BCUT2D eigenvalue weighted by Gasteiger charge is 2.35. The van der Waals surface area contributed by atoms with Crippen LogP contribution in [0, 0.1) is 17.8 Å². The van der Waals surface area contributed by atoms with E-state index in [1.54, 1.807) is 0 Å². The van der Waals surface area contributed by atoms with Crippen molar-refractivity contribution in [2.24, 2.45) is 17.8 Å². The Bertz CT molecular complexity index is 3120. The summed E-state index contributed by atoms with van der Waals surface area (Å²) in [7, 11) is 0. The maximum Gasteiger partial charge on any atom is 0.549 e. The number of carbonyl (C=O) groups is 10. The third-order valence-corrected chi connectivity index (χ3v) is 14.1. The smallest absolute Gasteiger partial charge is 0.494 e. The SMILES string of the molecule is CCCCOc1ccc(C(=O)OOC(=O)OCCC(COC(=O)OOC(=O)c2ccc(OCCCC)cc2)C(COC(=O)OOC(=O)c2ccc(OCCCC)cc2)C(CCOC(=O)OOC(=O)c2ccc(OCCCC)cc2)COC(=O)OOC(=O)c2ccc(OCCCC)cc2)cc1. The fraction of sp³-hybridized carbons (Fsp3) is 0.429. The van der Waals surface area contributed by atoms with Gasteiger partial charge in [0.05, 0.1) is 93.9 Å². The van der Waals surface area contributed by atoms with Gasteiger partial charge in [-0.25, -0.2) is 72.8 Å². The maximum atomic E-state index is 13.4. The molecule has 0 aliphatic carbocycles. The van der Waals surface area contributed by atoms with Gasteiger partial charge < -0.3 is 47.4 Å². The second kappa shape index (κ2) is 46.1. The summed E-state index contributed by atoms with van der Waals surface area (Å²) in [6, 6.07) is 28.3. The summed E-state index contributed by atoms with van der Waals surface area (Å²) in [5.74, 6) is -7.61. The predicted molar refractivity (Wildman–Crippen MR) is 343 cm³/mol. The van der Waals surface area contributed by atoms with Crippen LogP contribution in [-0.4, -0.2) is 127 Å². The predicted octanol–water partition coefficient (Wildman–Crippen LogP) is 14.1. The van der Waals surface area contributed by atoms with Crippen LogP contribution >= 0.6 is 0 Å². The van der Waals surface area contributed by atoms with Gasteiger partial charge in [0, 0.05) is 17.8 Å². The fourth-order valence-corrected chi connectivity index (χ4v) is 8.43. The monoisotopic (exact) mass is 1400 g/mol. The van der Waals surface area contributed by atoms with Crippen LogP contribution in [0.4, 0.5) is 24.0 Å². The van der Waals surface area contributed by atoms with Crippen molar-refractivity contribution in [1.29, 1.82) is 0 Å². The minimum absolute atomic E-state index is 0.0461. The average molecular weight is 1400 g/mol. The van der Waals surface area contributed by atoms with Gasteiger partial charge in [-0.3, -0.25) is 0 Å². The van der Waals surface area contributed by atoms with E-state index in [2.05, 4.69) is 9.78 Å². The van der Waals surface area contributed by atoms with Crippen LogP contribution in [0.3, 0.4) is 0 Å². The Kier molecular flexibility index (Phi) is 36.6. The Hall–Kier alpha value is -11.2. The lowest BCUT2D eigenvalue weighted by Gasteiger charge is -2.32. The van der Waals surface area contributed by atoms with Crippen molar-refractivity contribution in [3.05, 3.63) is 149 Å². The van der Waals surface area contributed by atoms with Gasteiger partial charge in [-0.15, -0.1) is 0 Å². The largest absolute Gasteiger partial charge is 0.549 e. The number of hydrogen-bond donors (Lipinski definition) is 0. The molecule has 100 heavy (non-hydrogen) atoms. The molecule has 0 aliphatic rings. The van der Waals surface area contributed by atoms with E-state index < -0.39 is 124 Å². The molecule has 5 aromatic rings. The van der Waals surface area contributed by atoms with Gasteiger partial charge >= 0.3 is 60.6 Å². The zero-order valence-electron chi connectivity index (χ0n) is 56.1. The first-order valence-corrected chi connectivity index (χ1v) is 32.4. The number of hydrogen-bond acceptors (Lipinski definition) is 30. The van der Waals surface area contributed by atoms with Crippen molar-refractivity contribution in [2.75, 3.05) is 66.1 Å². The lowest BCUT2D eigenvalue weighted by Crippen LogP contribution is -2.37. The first-order chi connectivity index (χ1) is 48.5. The van der Waals surface area contributed by atoms with E-state index in [-0.39, 0.29) is 27.8 Å². The minimum Gasteiger partial charge on any atom is -0.494 e. The fourth-order valence-electron chi connectivity index (χ4n) is 8.43. The first-order valence-electron chi connectivity index (χ1n) is 32.4. The van der Waals surface area contributed by atoms with E-state index in [1.165, 1.54) is 121 Å². The molecular weight excluding hydrogens is 1320 g/mol. The van der Waals surface area contributed by atoms with Crippen LogP contribution in [0.15, 0.2) is 121 Å². The summed E-state index contributed by atoms with van der Waals surface area (Å²) in [6.45, 7) is 7.95. The zero-order valence-corrected chi connectivity index (χ0v) is 56.1. The maximum absolute atomic E-state index is 13.4. The van der Waals surface area contributed by atoms with Crippen molar-refractivity contribution in [3.63, 3.8) is 0 Å². The molecule has 542 valence electrons. The third-order valence-electron chi connectivity index (χ3n) is 14.1. The molecule has 0 aromatic heterocycles. The topological polar surface area (TPSA) is 355 Å². The molecule has 0 spiro atoms. The zero-order chi connectivity index (χ0) is 72.1. The average Bonchev–Trinajstić information content (AvgIpc) is 0.940. The van der Waals surface area contributed by atoms with Gasteiger partial charge in [-0.05, 0) is 166 Å². The second-order valence-electron chi connectivity index (χ2n) is 21.5. The number of carbonyl (C=O) groups excluding carboxylic acids is 10. The highest BCUT2D eigenvalue weighted by atomic mass is 17.3. The molecule has 0 saturated carbocycles. The molecule has 30 heteroatoms. The molecule has 5 rings (SSSR count). The van der Waals surface area contributed by atoms with Gasteiger partial charge in [0.15, 0.2) is 0 Å². The number of rotatable bonds is 39. The van der Waals surface area contributed by atoms with E-state index in [9.17, 15) is 47.9 Å². The molecule has 30 nitrogen and oxygen atoms in total. The minimum atomic E-state index is -1.67. The van der Waals surface area contributed by atoms with E-state index in [0.717, 1.165) is 64.2 Å². The third kappa shape index (κ3) is 30.9. The van der Waals surface area contributed by atoms with Crippen molar-refractivity contribution in [1.82, 2.24) is 0 Å². The molecule has 0 radical (unpaired) electrons. The van der Waals surface area contributed by atoms with E-state index in [4.69, 9.17) is 86.5 Å². The number of ether oxygens (including phenoxy) is 10. The molecule has 0 bridgehead atoms. The van der Waals surface area contributed by atoms with Crippen LogP contribution in [-0.2, 0) is 72.6 Å². The van der Waals surface area contributed by atoms with Crippen LogP contribution in [0.5, 0.6) is 28.7 Å². The lowest BCUT2D eigenvalue weighted by atomic mass is 9.79. The van der Waals surface area contributed by atoms with Crippen LogP contribution < -0.4 is 23.7 Å². The summed E-state index contributed by atoms with van der Waals surface area (Å²) < 4.78 is 54.8. The quantitative estimate of drug-likeness (QED) is 0.0116. The summed E-state index contributed by atoms with van der Waals surface area (Å²) >= 11 is 0. The molecule has 5 aromatic carbocycles. The standard InChI is InChI=1S/C70H82O30/c1-6-11-38-81-55-26-16-48(17-27-55)61(71)91-96-66(76)86-43-36-53(45-88-68(78)98-93-63(73)50-20-30-57(31-21-50)83-40-13-8-3)60(47-90-70(80)100-95-65(75)52-24-34-59(35-25-52)85-42-15-10-5)54(46-89-69(79)99-94-64(74)51-22-32-58(33-23-51)84-41-14-9-4)37-44-87-67(77)97-92-62(72)49-18-28-56(29-19-49)82-39-12-7-2/h16-35,53-54,60H,6-15,36-47H2,1-5H3. The van der Waals surface area contributed by atoms with E-state index in [1.807, 2.05) is 34.6 Å². The Morgan fingerprint density at radius 2 is 0.450 bits per heavy atom. The van der Waals surface area contributed by atoms with Crippen molar-refractivity contribution in [3.8, 4) is 28.7 Å². The Morgan fingerprint density at radius 1 is 0.250 bits per heavy atom. The van der Waals surface area contributed by atoms with Gasteiger partial charge in [-0.1, -0.05) is 66.7 Å². The summed E-state index contributed by atoms with van der Waals surface area (Å²) in [4.78, 5) is 178. The normalized spacial score (nSPS) is 11.4. The van der Waals surface area contributed by atoms with Crippen LogP contribution in [0.25, 0.3) is 0 Å². The molecule has 2 unspecified atom stereocenters. The molecule has 0 amide bonds. The molecule has 0 aliphatic heterocycles. The van der Waals surface area contributed by atoms with E-state index >= 15 is 0 Å². The summed E-state index contributed by atoms with van der Waals surface area (Å²) in [6.07, 6.45) is -0.777. The molecule has 2 atom stereocenters. The molecule has 0 fully saturated rings. The highest BCUT2D eigenvalue weighted by Crippen LogP contribution is 2.30. The first kappa shape index (κ1) is 79.5. The van der Waals surface area contributed by atoms with Crippen molar-refractivity contribution in [2.45, 2.75) is 112 Å². The van der Waals surface area contributed by atoms with Crippen LogP contribution in [0.2, 0.25) is 0 Å². The van der Waals surface area contributed by atoms with Gasteiger partial charge in [0.25, 0.3) is 0 Å². The second-order valence-corrected chi connectivity index (χ2v) is 21.5. The van der Waals surface area contributed by atoms with Gasteiger partial charge in [0.1, 0.15) is 28.7 Å². The summed E-state index contributed by atoms with van der Waals surface area (Å²) in [5, 5.41) is 0. The molecule has 0 saturated heterocycles.